The first-order valence-corrected chi connectivity index (χ1v) is 8.99. The summed E-state index contributed by atoms with van der Waals surface area (Å²) in [5.41, 5.74) is 9.95. The number of nitrogens with one attached hydrogen (secondary N) is 1. The minimum absolute atomic E-state index is 0.453. The van der Waals surface area contributed by atoms with Gasteiger partial charge in [-0.15, -0.1) is 0 Å². The number of aryl methyl sites for hydroxylation is 1. The molecule has 1 atom stereocenters. The lowest BCUT2D eigenvalue weighted by atomic mass is 9.95. The average Bonchev–Trinajstić information content (AvgIpc) is 3.14. The zero-order valence-corrected chi connectivity index (χ0v) is 15.7. The molecule has 0 bridgehead atoms. The number of nitrogens with zero attached hydrogens (tertiary/aromatic N) is 3. The molecule has 1 aromatic heterocycles. The summed E-state index contributed by atoms with van der Waals surface area (Å²) >= 11 is 0. The Balaban J connectivity index is 1.67. The number of hydrogen-bond acceptors (Lipinski definition) is 5. The molecule has 2 heterocycles. The molecule has 0 fully saturated rings. The van der Waals surface area contributed by atoms with E-state index < -0.39 is 11.9 Å². The van der Waals surface area contributed by atoms with Crippen molar-refractivity contribution in [3.05, 3.63) is 82.8 Å². The fraction of sp³-hybridized carbons (Fsp3) is 0.190. The van der Waals surface area contributed by atoms with Crippen molar-refractivity contribution >= 4 is 11.9 Å². The first-order valence-electron chi connectivity index (χ1n) is 8.99. The maximum atomic E-state index is 12.1. The van der Waals surface area contributed by atoms with Gasteiger partial charge in [0, 0.05) is 5.70 Å². The van der Waals surface area contributed by atoms with E-state index in [4.69, 9.17) is 10.5 Å². The number of hydrogen-bond donors (Lipinski definition) is 2. The molecule has 0 spiro atoms. The van der Waals surface area contributed by atoms with Crippen molar-refractivity contribution in [2.75, 3.05) is 5.32 Å². The second-order valence-corrected chi connectivity index (χ2v) is 6.75. The molecule has 3 N–H and O–H groups in total. The highest BCUT2D eigenvalue weighted by Crippen LogP contribution is 2.35. The Labute approximate surface area is 162 Å². The molecule has 0 saturated heterocycles. The SMILES string of the molecule is CC1=C(C(N)=O)C(c2cccc(OCc3ccccc3C)c2)n2ncnc2N1. The van der Waals surface area contributed by atoms with Crippen LogP contribution in [0.15, 0.2) is 66.1 Å². The number of carbonyl (C=O) groups excluding carboxylic acids is 1. The highest BCUT2D eigenvalue weighted by Gasteiger charge is 2.32. The summed E-state index contributed by atoms with van der Waals surface area (Å²) in [4.78, 5) is 16.4. The van der Waals surface area contributed by atoms with Crippen molar-refractivity contribution in [3.8, 4) is 5.75 Å². The van der Waals surface area contributed by atoms with E-state index in [0.717, 1.165) is 11.1 Å². The van der Waals surface area contributed by atoms with Crippen molar-refractivity contribution in [3.63, 3.8) is 0 Å². The van der Waals surface area contributed by atoms with Crippen LogP contribution in [0.1, 0.15) is 29.7 Å². The first-order chi connectivity index (χ1) is 13.5. The van der Waals surface area contributed by atoms with Crippen molar-refractivity contribution in [2.45, 2.75) is 26.5 Å². The van der Waals surface area contributed by atoms with Crippen LogP contribution in [0.2, 0.25) is 0 Å². The predicted molar refractivity (Wildman–Crippen MR) is 106 cm³/mol. The lowest BCUT2D eigenvalue weighted by Crippen LogP contribution is -2.31. The molecule has 3 aromatic rings. The lowest BCUT2D eigenvalue weighted by molar-refractivity contribution is -0.115. The molecule has 0 saturated carbocycles. The molecule has 0 radical (unpaired) electrons. The summed E-state index contributed by atoms with van der Waals surface area (Å²) in [5, 5.41) is 7.35. The Morgan fingerprint density at radius 2 is 2.04 bits per heavy atom. The molecule has 7 heteroatoms. The molecule has 142 valence electrons. The van der Waals surface area contributed by atoms with Gasteiger partial charge in [-0.25, -0.2) is 4.68 Å². The third-order valence-corrected chi connectivity index (χ3v) is 4.89. The van der Waals surface area contributed by atoms with Gasteiger partial charge in [0.2, 0.25) is 11.9 Å². The van der Waals surface area contributed by atoms with Gasteiger partial charge in [-0.3, -0.25) is 4.79 Å². The summed E-state index contributed by atoms with van der Waals surface area (Å²) in [6.07, 6.45) is 1.45. The summed E-state index contributed by atoms with van der Waals surface area (Å²) < 4.78 is 7.66. The summed E-state index contributed by atoms with van der Waals surface area (Å²) in [6.45, 7) is 4.33. The number of allylic oxidation sites excluding steroid dienone is 1. The van der Waals surface area contributed by atoms with Gasteiger partial charge in [0.1, 0.15) is 24.7 Å². The van der Waals surface area contributed by atoms with Crippen molar-refractivity contribution in [1.29, 1.82) is 0 Å². The van der Waals surface area contributed by atoms with Gasteiger partial charge in [0.05, 0.1) is 5.57 Å². The molecule has 28 heavy (non-hydrogen) atoms. The van der Waals surface area contributed by atoms with E-state index in [1.54, 1.807) is 4.68 Å². The van der Waals surface area contributed by atoms with E-state index in [-0.39, 0.29) is 0 Å². The van der Waals surface area contributed by atoms with E-state index in [1.165, 1.54) is 11.9 Å². The van der Waals surface area contributed by atoms with Crippen LogP contribution < -0.4 is 15.8 Å². The highest BCUT2D eigenvalue weighted by atomic mass is 16.5. The van der Waals surface area contributed by atoms with Crippen molar-refractivity contribution in [1.82, 2.24) is 14.8 Å². The van der Waals surface area contributed by atoms with E-state index in [1.807, 2.05) is 49.4 Å². The third kappa shape index (κ3) is 3.22. The molecule has 4 rings (SSSR count). The van der Waals surface area contributed by atoms with Gasteiger partial charge in [-0.1, -0.05) is 36.4 Å². The molecule has 2 aromatic carbocycles. The molecule has 7 nitrogen and oxygen atoms in total. The second-order valence-electron chi connectivity index (χ2n) is 6.75. The third-order valence-electron chi connectivity index (χ3n) is 4.89. The minimum Gasteiger partial charge on any atom is -0.489 e. The van der Waals surface area contributed by atoms with Crippen LogP contribution in [0, 0.1) is 6.92 Å². The largest absolute Gasteiger partial charge is 0.489 e. The Morgan fingerprint density at radius 1 is 1.21 bits per heavy atom. The molecule has 1 aliphatic rings. The van der Waals surface area contributed by atoms with Gasteiger partial charge in [-0.05, 0) is 42.7 Å². The number of ether oxygens (including phenoxy) is 1. The fourth-order valence-electron chi connectivity index (χ4n) is 3.43. The lowest BCUT2D eigenvalue weighted by Gasteiger charge is -2.28. The monoisotopic (exact) mass is 375 g/mol. The number of primary amides is 1. The van der Waals surface area contributed by atoms with Gasteiger partial charge >= 0.3 is 0 Å². The number of nitrogens with two attached hydrogens (primary N) is 1. The van der Waals surface area contributed by atoms with Gasteiger partial charge in [0.25, 0.3) is 0 Å². The van der Waals surface area contributed by atoms with E-state index in [0.29, 0.717) is 29.6 Å². The summed E-state index contributed by atoms with van der Waals surface area (Å²) in [5.74, 6) is 0.781. The zero-order chi connectivity index (χ0) is 19.7. The minimum atomic E-state index is -0.498. The van der Waals surface area contributed by atoms with E-state index in [2.05, 4.69) is 28.4 Å². The Hall–Kier alpha value is -3.61. The second kappa shape index (κ2) is 7.19. The zero-order valence-electron chi connectivity index (χ0n) is 15.7. The van der Waals surface area contributed by atoms with Crippen molar-refractivity contribution in [2.24, 2.45) is 5.73 Å². The van der Waals surface area contributed by atoms with Gasteiger partial charge in [-0.2, -0.15) is 10.1 Å². The number of rotatable bonds is 5. The quantitative estimate of drug-likeness (QED) is 0.715. The molecule has 1 amide bonds. The smallest absolute Gasteiger partial charge is 0.248 e. The van der Waals surface area contributed by atoms with Crippen LogP contribution in [-0.2, 0) is 11.4 Å². The Morgan fingerprint density at radius 3 is 2.82 bits per heavy atom. The fourth-order valence-corrected chi connectivity index (χ4v) is 3.43. The molecule has 1 aliphatic heterocycles. The number of benzene rings is 2. The number of amides is 1. The Kier molecular flexibility index (Phi) is 4.57. The normalized spacial score (nSPS) is 15.7. The predicted octanol–water partition coefficient (Wildman–Crippen LogP) is 2.94. The van der Waals surface area contributed by atoms with Crippen LogP contribution in [0.25, 0.3) is 0 Å². The van der Waals surface area contributed by atoms with Crippen molar-refractivity contribution < 1.29 is 9.53 Å². The first kappa shape index (κ1) is 17.8. The maximum Gasteiger partial charge on any atom is 0.248 e. The van der Waals surface area contributed by atoms with Crippen LogP contribution in [0.4, 0.5) is 5.95 Å². The average molecular weight is 375 g/mol. The van der Waals surface area contributed by atoms with Crippen LogP contribution in [-0.4, -0.2) is 20.7 Å². The van der Waals surface area contributed by atoms with E-state index in [9.17, 15) is 4.79 Å². The summed E-state index contributed by atoms with van der Waals surface area (Å²) in [7, 11) is 0. The number of carbonyl (C=O) groups is 1. The molecule has 1 unspecified atom stereocenters. The Bertz CT molecular complexity index is 1070. The standard InChI is InChI=1S/C21H21N5O2/c1-13-6-3-4-7-16(13)11-28-17-9-5-8-15(10-17)19-18(20(22)27)14(2)25-21-23-12-24-26(19)21/h3-10,12,19H,11H2,1-2H3,(H2,22,27)(H,23,24,25). The summed E-state index contributed by atoms with van der Waals surface area (Å²) in [6, 6.07) is 15.3. The van der Waals surface area contributed by atoms with E-state index >= 15 is 0 Å². The highest BCUT2D eigenvalue weighted by molar-refractivity contribution is 5.95. The molecular formula is C21H21N5O2. The number of anilines is 1. The van der Waals surface area contributed by atoms with Gasteiger partial charge < -0.3 is 15.8 Å². The van der Waals surface area contributed by atoms with Crippen LogP contribution >= 0.6 is 0 Å². The van der Waals surface area contributed by atoms with Gasteiger partial charge in [0.15, 0.2) is 0 Å². The number of fused-ring (bicyclic) bond motifs is 1. The molecule has 0 aliphatic carbocycles. The maximum absolute atomic E-state index is 12.1. The van der Waals surface area contributed by atoms with Crippen LogP contribution in [0.5, 0.6) is 5.75 Å². The topological polar surface area (TPSA) is 95.1 Å². The van der Waals surface area contributed by atoms with Crippen LogP contribution in [0.3, 0.4) is 0 Å². The number of aromatic nitrogens is 3. The molecular weight excluding hydrogens is 354 g/mol.